The molecule has 96 valence electrons. The predicted molar refractivity (Wildman–Crippen MR) is 67.5 cm³/mol. The Morgan fingerprint density at radius 1 is 1.33 bits per heavy atom. The number of carbonyl (C=O) groups excluding carboxylic acids is 2. The van der Waals surface area contributed by atoms with Crippen LogP contribution in [0.1, 0.15) is 12.5 Å². The highest BCUT2D eigenvalue weighted by Crippen LogP contribution is 2.10. The number of ketones is 1. The Hall–Kier alpha value is -1.81. The highest BCUT2D eigenvalue weighted by Gasteiger charge is 2.10. The first-order valence-corrected chi connectivity index (χ1v) is 5.75. The quantitative estimate of drug-likeness (QED) is 0.506. The maximum Gasteiger partial charge on any atom is 0.373 e. The molecule has 1 aromatic rings. The molecule has 0 heterocycles. The van der Waals surface area contributed by atoms with Gasteiger partial charge in [0.1, 0.15) is 0 Å². The molecule has 0 atom stereocenters. The summed E-state index contributed by atoms with van der Waals surface area (Å²) in [7, 11) is 0. The average Bonchev–Trinajstić information content (AvgIpc) is 2.32. The van der Waals surface area contributed by atoms with Crippen LogP contribution in [0.3, 0.4) is 0 Å². The predicted octanol–water partition coefficient (Wildman–Crippen LogP) is 2.46. The maximum atomic E-state index is 11.5. The van der Waals surface area contributed by atoms with Gasteiger partial charge in [0.25, 0.3) is 0 Å². The van der Waals surface area contributed by atoms with Crippen LogP contribution in [-0.2, 0) is 20.7 Å². The summed E-state index contributed by atoms with van der Waals surface area (Å²) in [6.07, 6.45) is 0.952. The fourth-order valence-electron chi connectivity index (χ4n) is 1.27. The van der Waals surface area contributed by atoms with Crippen molar-refractivity contribution in [2.45, 2.75) is 13.3 Å². The second-order valence-corrected chi connectivity index (χ2v) is 3.96. The molecule has 0 aliphatic rings. The van der Waals surface area contributed by atoms with Gasteiger partial charge >= 0.3 is 5.97 Å². The lowest BCUT2D eigenvalue weighted by atomic mass is 10.1. The van der Waals surface area contributed by atoms with E-state index in [2.05, 4.69) is 4.74 Å². The number of allylic oxidation sites excluding steroid dienone is 1. The monoisotopic (exact) mass is 268 g/mol. The zero-order valence-corrected chi connectivity index (χ0v) is 10.6. The number of hydrogen-bond acceptors (Lipinski definition) is 4. The number of aliphatic hydroxyl groups is 1. The molecule has 0 fully saturated rings. The molecule has 4 nitrogen and oxygen atoms in total. The summed E-state index contributed by atoms with van der Waals surface area (Å²) in [6, 6.07) is 6.74. The van der Waals surface area contributed by atoms with Crippen molar-refractivity contribution in [3.63, 3.8) is 0 Å². The van der Waals surface area contributed by atoms with Crippen molar-refractivity contribution in [3.05, 3.63) is 46.7 Å². The van der Waals surface area contributed by atoms with Crippen molar-refractivity contribution in [1.82, 2.24) is 0 Å². The third kappa shape index (κ3) is 4.59. The molecule has 1 rings (SSSR count). The molecule has 0 aliphatic carbocycles. The first kappa shape index (κ1) is 14.3. The molecule has 0 aromatic heterocycles. The number of carbonyl (C=O) groups is 2. The molecule has 0 spiro atoms. The van der Waals surface area contributed by atoms with Crippen LogP contribution in [0.4, 0.5) is 0 Å². The average molecular weight is 269 g/mol. The minimum atomic E-state index is -0.901. The summed E-state index contributed by atoms with van der Waals surface area (Å²) >= 11 is 5.71. The van der Waals surface area contributed by atoms with E-state index in [1.54, 1.807) is 31.2 Å². The molecule has 0 saturated heterocycles. The number of aliphatic hydroxyl groups excluding tert-OH is 1. The minimum absolute atomic E-state index is 0.0840. The largest absolute Gasteiger partial charge is 0.502 e. The fraction of sp³-hybridized carbons (Fsp3) is 0.231. The lowest BCUT2D eigenvalue weighted by Gasteiger charge is -2.00. The van der Waals surface area contributed by atoms with E-state index in [-0.39, 0.29) is 18.8 Å². The van der Waals surface area contributed by atoms with Crippen molar-refractivity contribution >= 4 is 23.4 Å². The molecule has 0 bridgehead atoms. The van der Waals surface area contributed by atoms with Gasteiger partial charge in [-0.05, 0) is 24.6 Å². The fourth-order valence-corrected chi connectivity index (χ4v) is 1.40. The van der Waals surface area contributed by atoms with Gasteiger partial charge in [-0.15, -0.1) is 0 Å². The Labute approximate surface area is 110 Å². The van der Waals surface area contributed by atoms with Crippen molar-refractivity contribution in [2.75, 3.05) is 6.61 Å². The zero-order valence-electron chi connectivity index (χ0n) is 9.85. The molecular weight excluding hydrogens is 256 g/mol. The van der Waals surface area contributed by atoms with Crippen LogP contribution in [0.2, 0.25) is 5.02 Å². The van der Waals surface area contributed by atoms with Crippen LogP contribution in [0.25, 0.3) is 0 Å². The topological polar surface area (TPSA) is 63.6 Å². The standard InChI is InChI=1S/C13H13ClO4/c1-2-18-13(17)12(16)8-11(15)7-9-3-5-10(14)6-4-9/h3-6,8,16H,2,7H2,1H3/b12-8-. The second-order valence-electron chi connectivity index (χ2n) is 3.52. The number of ether oxygens (including phenoxy) is 1. The van der Waals surface area contributed by atoms with Crippen molar-refractivity contribution in [3.8, 4) is 0 Å². The normalized spacial score (nSPS) is 11.1. The number of benzene rings is 1. The van der Waals surface area contributed by atoms with Gasteiger partial charge in [0, 0.05) is 17.5 Å². The molecule has 0 radical (unpaired) electrons. The van der Waals surface area contributed by atoms with Gasteiger partial charge in [0.2, 0.25) is 5.76 Å². The number of rotatable bonds is 5. The van der Waals surface area contributed by atoms with Crippen LogP contribution < -0.4 is 0 Å². The maximum absolute atomic E-state index is 11.5. The van der Waals surface area contributed by atoms with Crippen LogP contribution in [-0.4, -0.2) is 23.5 Å². The van der Waals surface area contributed by atoms with Crippen molar-refractivity contribution in [2.24, 2.45) is 0 Å². The molecule has 0 saturated carbocycles. The third-order valence-electron chi connectivity index (χ3n) is 2.07. The molecule has 1 aromatic carbocycles. The molecule has 0 unspecified atom stereocenters. The van der Waals surface area contributed by atoms with Crippen molar-refractivity contribution in [1.29, 1.82) is 0 Å². The molecular formula is C13H13ClO4. The van der Waals surface area contributed by atoms with E-state index in [1.165, 1.54) is 0 Å². The Morgan fingerprint density at radius 3 is 2.50 bits per heavy atom. The third-order valence-corrected chi connectivity index (χ3v) is 2.33. The van der Waals surface area contributed by atoms with Gasteiger partial charge in [0.05, 0.1) is 6.61 Å². The van der Waals surface area contributed by atoms with Gasteiger partial charge in [-0.25, -0.2) is 4.79 Å². The second kappa shape index (κ2) is 6.81. The highest BCUT2D eigenvalue weighted by atomic mass is 35.5. The van der Waals surface area contributed by atoms with E-state index < -0.39 is 11.7 Å². The van der Waals surface area contributed by atoms with E-state index >= 15 is 0 Å². The van der Waals surface area contributed by atoms with E-state index in [0.717, 1.165) is 11.6 Å². The van der Waals surface area contributed by atoms with E-state index in [0.29, 0.717) is 5.02 Å². The van der Waals surface area contributed by atoms with Crippen molar-refractivity contribution < 1.29 is 19.4 Å². The van der Waals surface area contributed by atoms with Crippen LogP contribution in [0.15, 0.2) is 36.1 Å². The molecule has 1 N–H and O–H groups in total. The molecule has 5 heteroatoms. The SMILES string of the molecule is CCOC(=O)/C(O)=C/C(=O)Cc1ccc(Cl)cc1. The lowest BCUT2D eigenvalue weighted by Crippen LogP contribution is -2.10. The summed E-state index contributed by atoms with van der Waals surface area (Å²) in [5.74, 6) is -1.97. The van der Waals surface area contributed by atoms with Gasteiger partial charge < -0.3 is 9.84 Å². The Morgan fingerprint density at radius 2 is 1.94 bits per heavy atom. The number of esters is 1. The summed E-state index contributed by atoms with van der Waals surface area (Å²) in [6.45, 7) is 1.75. The molecule has 18 heavy (non-hydrogen) atoms. The first-order valence-electron chi connectivity index (χ1n) is 5.38. The van der Waals surface area contributed by atoms with E-state index in [4.69, 9.17) is 11.6 Å². The van der Waals surface area contributed by atoms with Gasteiger partial charge in [-0.3, -0.25) is 4.79 Å². The summed E-state index contributed by atoms with van der Waals surface area (Å²) < 4.78 is 4.54. The Kier molecular flexibility index (Phi) is 5.39. The highest BCUT2D eigenvalue weighted by molar-refractivity contribution is 6.30. The van der Waals surface area contributed by atoms with E-state index in [9.17, 15) is 14.7 Å². The lowest BCUT2D eigenvalue weighted by molar-refractivity contribution is -0.141. The van der Waals surface area contributed by atoms with Crippen LogP contribution in [0.5, 0.6) is 0 Å². The summed E-state index contributed by atoms with van der Waals surface area (Å²) in [5, 5.41) is 9.87. The zero-order chi connectivity index (χ0) is 13.5. The first-order chi connectivity index (χ1) is 8.52. The summed E-state index contributed by atoms with van der Waals surface area (Å²) in [4.78, 5) is 22.6. The van der Waals surface area contributed by atoms with E-state index in [1.807, 2.05) is 0 Å². The Balaban J connectivity index is 2.63. The van der Waals surface area contributed by atoms with Crippen LogP contribution in [0, 0.1) is 0 Å². The van der Waals surface area contributed by atoms with Crippen LogP contribution >= 0.6 is 11.6 Å². The smallest absolute Gasteiger partial charge is 0.373 e. The summed E-state index contributed by atoms with van der Waals surface area (Å²) in [5.41, 5.74) is 0.748. The Bertz CT molecular complexity index is 462. The van der Waals surface area contributed by atoms with Gasteiger partial charge in [-0.1, -0.05) is 23.7 Å². The number of hydrogen-bond donors (Lipinski definition) is 1. The molecule has 0 aliphatic heterocycles. The number of halogens is 1. The molecule has 0 amide bonds. The van der Waals surface area contributed by atoms with Gasteiger partial charge in [0.15, 0.2) is 5.78 Å². The van der Waals surface area contributed by atoms with Gasteiger partial charge in [-0.2, -0.15) is 0 Å². The minimum Gasteiger partial charge on any atom is -0.502 e.